The lowest BCUT2D eigenvalue weighted by Gasteiger charge is -2.32. The van der Waals surface area contributed by atoms with Crippen molar-refractivity contribution in [2.24, 2.45) is 0 Å². The minimum absolute atomic E-state index is 0.00472. The second-order valence-electron chi connectivity index (χ2n) is 13.7. The molecule has 6 aromatic rings. The topological polar surface area (TPSA) is 180 Å². The second kappa shape index (κ2) is 18.4. The average molecular weight is 787 g/mol. The molecule has 1 aliphatic heterocycles. The highest BCUT2D eigenvalue weighted by molar-refractivity contribution is 6.58. The summed E-state index contributed by atoms with van der Waals surface area (Å²) in [5.41, 5.74) is 10.4. The van der Waals surface area contributed by atoms with Crippen LogP contribution >= 0.6 is 0 Å². The highest BCUT2D eigenvalue weighted by Crippen LogP contribution is 2.34. The zero-order chi connectivity index (χ0) is 41.3. The molecule has 3 amide bonds. The van der Waals surface area contributed by atoms with E-state index in [4.69, 9.17) is 20.9 Å². The molecule has 3 heterocycles. The molecule has 1 saturated heterocycles. The maximum absolute atomic E-state index is 14.1. The Morgan fingerprint density at radius 3 is 2.21 bits per heavy atom. The summed E-state index contributed by atoms with van der Waals surface area (Å²) in [7, 11) is 0.123. The van der Waals surface area contributed by atoms with Gasteiger partial charge < -0.3 is 30.9 Å². The number of nitrogen functional groups attached to an aromatic ring is 1. The van der Waals surface area contributed by atoms with Crippen molar-refractivity contribution in [3.8, 4) is 11.3 Å². The van der Waals surface area contributed by atoms with Crippen LogP contribution in [0.4, 0.5) is 14.6 Å². The number of nitrogens with one attached hydrogen (secondary N) is 1. The van der Waals surface area contributed by atoms with Crippen LogP contribution in [0.1, 0.15) is 50.7 Å². The molecule has 0 bridgehead atoms. The molecular weight excluding hydrogens is 745 g/mol. The molecule has 1 atom stereocenters. The van der Waals surface area contributed by atoms with Crippen molar-refractivity contribution in [2.75, 3.05) is 25.9 Å². The van der Waals surface area contributed by atoms with Crippen LogP contribution in [0.5, 0.6) is 0 Å². The van der Waals surface area contributed by atoms with Crippen molar-refractivity contribution < 1.29 is 33.2 Å². The standard InChI is InChI=1S/C28H28FN7O2.C14H13BFNO3/c1-3-23(37)35-14-6-7-20(16-35)36-27-24(26(30)31-17-32-27)25(33-36)19-12-10-18(11-13-19)15-34(2)28(38)21-8-4-5-9-22(21)29;16-13-4-2-1-3-12(13)14(18)17-9-10-5-7-11(8-6-10)15(19)20/h3-5,8-13,17,20H,1,6-7,14-16H2,2H3,(H2,30,31,32);1-8,19-20H,9H2,(H,17,18)/t20-;/m1./s1. The van der Waals surface area contributed by atoms with Gasteiger partial charge in [-0.25, -0.2) is 23.4 Å². The highest BCUT2D eigenvalue weighted by atomic mass is 19.1. The van der Waals surface area contributed by atoms with Crippen LogP contribution in [0.2, 0.25) is 0 Å². The first-order valence-corrected chi connectivity index (χ1v) is 18.4. The predicted octanol–water partition coefficient (Wildman–Crippen LogP) is 4.27. The number of piperidine rings is 1. The van der Waals surface area contributed by atoms with Crippen molar-refractivity contribution in [1.82, 2.24) is 34.9 Å². The van der Waals surface area contributed by atoms with Gasteiger partial charge in [0.05, 0.1) is 22.6 Å². The molecular formula is C42H41BF2N8O5. The summed E-state index contributed by atoms with van der Waals surface area (Å²) < 4.78 is 29.3. The lowest BCUT2D eigenvalue weighted by Crippen LogP contribution is -2.40. The van der Waals surface area contributed by atoms with Crippen LogP contribution < -0.4 is 16.5 Å². The molecule has 1 fully saturated rings. The van der Waals surface area contributed by atoms with Crippen LogP contribution in [0.25, 0.3) is 22.3 Å². The van der Waals surface area contributed by atoms with Crippen molar-refractivity contribution in [2.45, 2.75) is 32.0 Å². The fourth-order valence-electron chi connectivity index (χ4n) is 6.62. The molecule has 5 N–H and O–H groups in total. The number of halogens is 2. The van der Waals surface area contributed by atoms with Gasteiger partial charge in [-0.15, -0.1) is 0 Å². The Balaban J connectivity index is 0.000000239. The van der Waals surface area contributed by atoms with E-state index < -0.39 is 30.6 Å². The van der Waals surface area contributed by atoms with Gasteiger partial charge in [-0.2, -0.15) is 5.10 Å². The third-order valence-electron chi connectivity index (χ3n) is 9.69. The number of nitrogens with zero attached hydrogens (tertiary/aromatic N) is 6. The molecule has 13 nitrogen and oxygen atoms in total. The van der Waals surface area contributed by atoms with Gasteiger partial charge in [-0.3, -0.25) is 14.4 Å². The molecule has 58 heavy (non-hydrogen) atoms. The van der Waals surface area contributed by atoms with Crippen molar-refractivity contribution in [3.05, 3.63) is 150 Å². The summed E-state index contributed by atoms with van der Waals surface area (Å²) >= 11 is 0. The van der Waals surface area contributed by atoms with Crippen molar-refractivity contribution >= 4 is 47.2 Å². The van der Waals surface area contributed by atoms with Gasteiger partial charge in [0, 0.05) is 38.8 Å². The van der Waals surface area contributed by atoms with E-state index >= 15 is 0 Å². The molecule has 0 radical (unpaired) electrons. The Morgan fingerprint density at radius 2 is 1.57 bits per heavy atom. The van der Waals surface area contributed by atoms with Crippen LogP contribution in [-0.4, -0.2) is 84.6 Å². The second-order valence-corrected chi connectivity index (χ2v) is 13.7. The molecule has 0 aliphatic carbocycles. The number of nitrogens with two attached hydrogens (primary N) is 1. The Labute approximate surface area is 333 Å². The number of rotatable bonds is 10. The van der Waals surface area contributed by atoms with Gasteiger partial charge in [0.15, 0.2) is 5.65 Å². The number of benzene rings is 4. The predicted molar refractivity (Wildman–Crippen MR) is 216 cm³/mol. The average Bonchev–Trinajstić information content (AvgIpc) is 3.64. The molecule has 0 unspecified atom stereocenters. The molecule has 4 aromatic carbocycles. The fourth-order valence-corrected chi connectivity index (χ4v) is 6.62. The Bertz CT molecular complexity index is 2430. The van der Waals surface area contributed by atoms with Crippen LogP contribution in [0.15, 0.2) is 116 Å². The first-order valence-electron chi connectivity index (χ1n) is 18.4. The monoisotopic (exact) mass is 786 g/mol. The minimum atomic E-state index is -1.52. The maximum Gasteiger partial charge on any atom is 0.488 e. The van der Waals surface area contributed by atoms with E-state index in [1.807, 2.05) is 28.9 Å². The van der Waals surface area contributed by atoms with Gasteiger partial charge in [-0.1, -0.05) is 79.4 Å². The minimum Gasteiger partial charge on any atom is -0.423 e. The van der Waals surface area contributed by atoms with Crippen molar-refractivity contribution in [3.63, 3.8) is 0 Å². The normalized spacial score (nSPS) is 13.6. The number of hydrogen-bond acceptors (Lipinski definition) is 9. The van der Waals surface area contributed by atoms with Crippen LogP contribution in [0, 0.1) is 11.6 Å². The molecule has 7 rings (SSSR count). The molecule has 16 heteroatoms. The summed E-state index contributed by atoms with van der Waals surface area (Å²) in [6.45, 7) is 5.33. The molecule has 2 aromatic heterocycles. The summed E-state index contributed by atoms with van der Waals surface area (Å²) in [5.74, 6) is -1.77. The smallest absolute Gasteiger partial charge is 0.423 e. The van der Waals surface area contributed by atoms with Crippen LogP contribution in [0.3, 0.4) is 0 Å². The third kappa shape index (κ3) is 9.42. The number of fused-ring (bicyclic) bond motifs is 1. The van der Waals surface area contributed by atoms with E-state index in [0.29, 0.717) is 47.6 Å². The zero-order valence-electron chi connectivity index (χ0n) is 31.6. The Kier molecular flexibility index (Phi) is 13.0. The molecule has 0 saturated carbocycles. The van der Waals surface area contributed by atoms with Crippen LogP contribution in [-0.2, 0) is 17.9 Å². The highest BCUT2D eigenvalue weighted by Gasteiger charge is 2.28. The van der Waals surface area contributed by atoms with Crippen molar-refractivity contribution in [1.29, 1.82) is 0 Å². The van der Waals surface area contributed by atoms with Gasteiger partial charge in [-0.05, 0) is 59.8 Å². The van der Waals surface area contributed by atoms with Gasteiger partial charge in [0.2, 0.25) is 5.91 Å². The summed E-state index contributed by atoms with van der Waals surface area (Å²) in [5, 5.41) is 26.1. The lowest BCUT2D eigenvalue weighted by molar-refractivity contribution is -0.127. The quantitative estimate of drug-likeness (QED) is 0.117. The van der Waals surface area contributed by atoms with E-state index in [9.17, 15) is 23.2 Å². The van der Waals surface area contributed by atoms with E-state index in [-0.39, 0.29) is 29.6 Å². The molecule has 296 valence electrons. The Morgan fingerprint density at radius 1 is 0.931 bits per heavy atom. The van der Waals surface area contributed by atoms with Gasteiger partial charge in [0.1, 0.15) is 29.5 Å². The Hall–Kier alpha value is -6.78. The lowest BCUT2D eigenvalue weighted by atomic mass is 9.80. The van der Waals surface area contributed by atoms with E-state index in [1.54, 1.807) is 54.4 Å². The van der Waals surface area contributed by atoms with E-state index in [2.05, 4.69) is 21.9 Å². The third-order valence-corrected chi connectivity index (χ3v) is 9.69. The molecule has 0 spiro atoms. The number of carbonyl (C=O) groups is 3. The number of hydrogen-bond donors (Lipinski definition) is 4. The number of aromatic nitrogens is 4. The summed E-state index contributed by atoms with van der Waals surface area (Å²) in [4.78, 5) is 48.6. The largest absolute Gasteiger partial charge is 0.488 e. The molecule has 1 aliphatic rings. The number of carbonyl (C=O) groups excluding carboxylic acids is 3. The zero-order valence-corrected chi connectivity index (χ0v) is 31.6. The maximum atomic E-state index is 14.1. The number of likely N-dealkylation sites (tertiary alicyclic amines) is 1. The first kappa shape index (κ1) is 40.9. The number of anilines is 1. The number of amides is 3. The summed E-state index contributed by atoms with van der Waals surface area (Å²) in [6.07, 6.45) is 4.44. The SMILES string of the molecule is C=CC(=O)N1CCC[C@@H](n2nc(-c3ccc(CN(C)C(=O)c4ccccc4F)cc3)c3c(N)ncnc32)C1.O=C(NCc1ccc(B(O)O)cc1)c1ccccc1F. The first-order chi connectivity index (χ1) is 27.9. The summed E-state index contributed by atoms with van der Waals surface area (Å²) in [6, 6.07) is 25.7. The van der Waals surface area contributed by atoms with Gasteiger partial charge >= 0.3 is 7.12 Å². The van der Waals surface area contributed by atoms with E-state index in [1.165, 1.54) is 47.6 Å². The van der Waals surface area contributed by atoms with E-state index in [0.717, 1.165) is 29.5 Å². The van der Waals surface area contributed by atoms with Gasteiger partial charge in [0.25, 0.3) is 11.8 Å². The fraction of sp³-hybridized carbons (Fsp3) is 0.190.